The van der Waals surface area contributed by atoms with Crippen molar-refractivity contribution < 1.29 is 14.3 Å². The summed E-state index contributed by atoms with van der Waals surface area (Å²) in [5, 5.41) is 5.85. The molecule has 0 spiro atoms. The summed E-state index contributed by atoms with van der Waals surface area (Å²) in [5.41, 5.74) is 6.39. The standard InChI is InChI=1S/C26H31N3O3/c1-5-32-25(30)16-24(21-11-7-6-8-12-21)28-26(31)27-17-22-15-19(3)29(20(22)4)23-13-9-10-18(2)14-23/h6-15,24H,5,16-17H2,1-4H3,(H2,27,28,31)/t24-/m0/s1. The molecule has 0 aliphatic rings. The van der Waals surface area contributed by atoms with Crippen molar-refractivity contribution in [1.82, 2.24) is 15.2 Å². The highest BCUT2D eigenvalue weighted by molar-refractivity contribution is 5.76. The number of carbonyl (C=O) groups is 2. The predicted octanol–water partition coefficient (Wildman–Crippen LogP) is 4.90. The molecule has 0 bridgehead atoms. The maximum Gasteiger partial charge on any atom is 0.315 e. The second-order valence-corrected chi connectivity index (χ2v) is 7.87. The molecule has 2 aromatic carbocycles. The summed E-state index contributed by atoms with van der Waals surface area (Å²) in [6, 6.07) is 19.1. The molecule has 0 saturated heterocycles. The van der Waals surface area contributed by atoms with E-state index in [0.717, 1.165) is 28.2 Å². The van der Waals surface area contributed by atoms with Crippen molar-refractivity contribution in [3.05, 3.63) is 88.7 Å². The Labute approximate surface area is 189 Å². The lowest BCUT2D eigenvalue weighted by molar-refractivity contribution is -0.143. The smallest absolute Gasteiger partial charge is 0.315 e. The summed E-state index contributed by atoms with van der Waals surface area (Å²) >= 11 is 0. The normalized spacial score (nSPS) is 11.6. The Morgan fingerprint density at radius 3 is 2.44 bits per heavy atom. The predicted molar refractivity (Wildman–Crippen MR) is 126 cm³/mol. The maximum atomic E-state index is 12.7. The summed E-state index contributed by atoms with van der Waals surface area (Å²) < 4.78 is 7.26. The van der Waals surface area contributed by atoms with Crippen LogP contribution in [0.2, 0.25) is 0 Å². The fourth-order valence-electron chi connectivity index (χ4n) is 3.88. The number of benzene rings is 2. The third-order valence-electron chi connectivity index (χ3n) is 5.42. The van der Waals surface area contributed by atoms with E-state index in [1.807, 2.05) is 36.4 Å². The lowest BCUT2D eigenvalue weighted by atomic mass is 10.0. The molecule has 0 unspecified atom stereocenters. The second kappa shape index (κ2) is 10.7. The van der Waals surface area contributed by atoms with Gasteiger partial charge in [0.05, 0.1) is 19.1 Å². The molecule has 3 aromatic rings. The van der Waals surface area contributed by atoms with E-state index in [4.69, 9.17) is 4.74 Å². The largest absolute Gasteiger partial charge is 0.466 e. The van der Waals surface area contributed by atoms with Gasteiger partial charge in [0.2, 0.25) is 0 Å². The molecule has 2 amide bonds. The van der Waals surface area contributed by atoms with E-state index in [0.29, 0.717) is 13.2 Å². The van der Waals surface area contributed by atoms with Gasteiger partial charge in [-0.25, -0.2) is 4.79 Å². The average Bonchev–Trinajstić information content (AvgIpc) is 3.05. The number of carbonyl (C=O) groups excluding carboxylic acids is 2. The number of amides is 2. The minimum atomic E-state index is -0.463. The number of nitrogens with one attached hydrogen (secondary N) is 2. The third-order valence-corrected chi connectivity index (χ3v) is 5.42. The lowest BCUT2D eigenvalue weighted by Crippen LogP contribution is -2.38. The highest BCUT2D eigenvalue weighted by Gasteiger charge is 2.19. The topological polar surface area (TPSA) is 72.4 Å². The van der Waals surface area contributed by atoms with Crippen molar-refractivity contribution in [3.8, 4) is 5.69 Å². The number of ether oxygens (including phenoxy) is 1. The van der Waals surface area contributed by atoms with Crippen molar-refractivity contribution in [2.24, 2.45) is 0 Å². The minimum Gasteiger partial charge on any atom is -0.466 e. The van der Waals surface area contributed by atoms with Crippen LogP contribution in [0.15, 0.2) is 60.7 Å². The van der Waals surface area contributed by atoms with Gasteiger partial charge in [-0.2, -0.15) is 0 Å². The number of urea groups is 1. The Balaban J connectivity index is 1.69. The van der Waals surface area contributed by atoms with Crippen LogP contribution in [-0.2, 0) is 16.1 Å². The third kappa shape index (κ3) is 5.78. The number of nitrogens with zero attached hydrogens (tertiary/aromatic N) is 1. The molecule has 0 aliphatic carbocycles. The molecule has 6 heteroatoms. The van der Waals surface area contributed by atoms with Crippen LogP contribution in [0.25, 0.3) is 5.69 Å². The molecule has 1 atom stereocenters. The molecule has 168 valence electrons. The number of aromatic nitrogens is 1. The van der Waals surface area contributed by atoms with Crippen LogP contribution in [0, 0.1) is 20.8 Å². The van der Waals surface area contributed by atoms with Gasteiger partial charge in [-0.1, -0.05) is 42.5 Å². The SMILES string of the molecule is CCOC(=O)C[C@H](NC(=O)NCc1cc(C)n(-c2cccc(C)c2)c1C)c1ccccc1. The molecule has 0 radical (unpaired) electrons. The van der Waals surface area contributed by atoms with Gasteiger partial charge in [0.1, 0.15) is 0 Å². The zero-order valence-electron chi connectivity index (χ0n) is 19.1. The summed E-state index contributed by atoms with van der Waals surface area (Å²) in [5.74, 6) is -0.344. The van der Waals surface area contributed by atoms with E-state index in [-0.39, 0.29) is 18.4 Å². The fraction of sp³-hybridized carbons (Fsp3) is 0.308. The lowest BCUT2D eigenvalue weighted by Gasteiger charge is -2.19. The molecule has 2 N–H and O–H groups in total. The first-order chi connectivity index (χ1) is 15.4. The van der Waals surface area contributed by atoms with Crippen molar-refractivity contribution >= 4 is 12.0 Å². The van der Waals surface area contributed by atoms with Crippen molar-refractivity contribution in [3.63, 3.8) is 0 Å². The first-order valence-corrected chi connectivity index (χ1v) is 10.9. The van der Waals surface area contributed by atoms with E-state index in [1.165, 1.54) is 5.56 Å². The first kappa shape index (κ1) is 23.1. The van der Waals surface area contributed by atoms with Gasteiger partial charge < -0.3 is 19.9 Å². The average molecular weight is 434 g/mol. The van der Waals surface area contributed by atoms with Gasteiger partial charge >= 0.3 is 12.0 Å². The van der Waals surface area contributed by atoms with Crippen LogP contribution in [0.1, 0.15) is 47.5 Å². The number of aryl methyl sites for hydroxylation is 2. The van der Waals surface area contributed by atoms with Gasteiger partial charge in [0.15, 0.2) is 0 Å². The zero-order chi connectivity index (χ0) is 23.1. The fourth-order valence-corrected chi connectivity index (χ4v) is 3.88. The first-order valence-electron chi connectivity index (χ1n) is 10.9. The van der Waals surface area contributed by atoms with Crippen LogP contribution >= 0.6 is 0 Å². The van der Waals surface area contributed by atoms with Gasteiger partial charge in [0, 0.05) is 23.6 Å². The van der Waals surface area contributed by atoms with Gasteiger partial charge in [-0.15, -0.1) is 0 Å². The summed E-state index contributed by atoms with van der Waals surface area (Å²) in [7, 11) is 0. The molecular weight excluding hydrogens is 402 g/mol. The van der Waals surface area contributed by atoms with E-state index < -0.39 is 6.04 Å². The molecule has 1 heterocycles. The highest BCUT2D eigenvalue weighted by atomic mass is 16.5. The molecule has 0 saturated carbocycles. The monoisotopic (exact) mass is 433 g/mol. The van der Waals surface area contributed by atoms with E-state index >= 15 is 0 Å². The number of hydrogen-bond donors (Lipinski definition) is 2. The van der Waals surface area contributed by atoms with Crippen molar-refractivity contribution in [1.29, 1.82) is 0 Å². The van der Waals surface area contributed by atoms with E-state index in [9.17, 15) is 9.59 Å². The second-order valence-electron chi connectivity index (χ2n) is 7.87. The summed E-state index contributed by atoms with van der Waals surface area (Å²) in [6.07, 6.45) is 0.0765. The zero-order valence-corrected chi connectivity index (χ0v) is 19.1. The Kier molecular flexibility index (Phi) is 7.71. The molecule has 0 aliphatic heterocycles. The molecule has 6 nitrogen and oxygen atoms in total. The van der Waals surface area contributed by atoms with Crippen LogP contribution < -0.4 is 10.6 Å². The highest BCUT2D eigenvalue weighted by Crippen LogP contribution is 2.22. The van der Waals surface area contributed by atoms with Crippen LogP contribution in [0.4, 0.5) is 4.79 Å². The Hall–Kier alpha value is -3.54. The summed E-state index contributed by atoms with van der Waals surface area (Å²) in [6.45, 7) is 8.65. The van der Waals surface area contributed by atoms with Crippen molar-refractivity contribution in [2.75, 3.05) is 6.61 Å². The van der Waals surface area contributed by atoms with E-state index in [1.54, 1.807) is 6.92 Å². The molecule has 0 fully saturated rings. The Morgan fingerprint density at radius 1 is 1.00 bits per heavy atom. The molecular formula is C26H31N3O3. The molecule has 1 aromatic heterocycles. The molecule has 32 heavy (non-hydrogen) atoms. The number of esters is 1. The van der Waals surface area contributed by atoms with Gasteiger partial charge in [-0.05, 0) is 62.6 Å². The molecule has 3 rings (SSSR count). The summed E-state index contributed by atoms with van der Waals surface area (Å²) in [4.78, 5) is 24.7. The van der Waals surface area contributed by atoms with Crippen LogP contribution in [0.3, 0.4) is 0 Å². The Bertz CT molecular complexity index is 1070. The van der Waals surface area contributed by atoms with Gasteiger partial charge in [-0.3, -0.25) is 4.79 Å². The minimum absolute atomic E-state index is 0.0765. The van der Waals surface area contributed by atoms with Crippen LogP contribution in [0.5, 0.6) is 0 Å². The van der Waals surface area contributed by atoms with Gasteiger partial charge in [0.25, 0.3) is 0 Å². The number of rotatable bonds is 8. The van der Waals surface area contributed by atoms with Crippen molar-refractivity contribution in [2.45, 2.75) is 46.7 Å². The quantitative estimate of drug-likeness (QED) is 0.497. The van der Waals surface area contributed by atoms with E-state index in [2.05, 4.69) is 60.2 Å². The maximum absolute atomic E-state index is 12.7. The van der Waals surface area contributed by atoms with Crippen LogP contribution in [-0.4, -0.2) is 23.2 Å². The number of hydrogen-bond acceptors (Lipinski definition) is 3. The Morgan fingerprint density at radius 2 is 1.75 bits per heavy atom.